The number of amides is 1. The molecule has 1 fully saturated rings. The molecule has 3 aromatic rings. The van der Waals surface area contributed by atoms with Crippen molar-refractivity contribution in [3.8, 4) is 11.3 Å². The number of piperidine rings is 1. The first kappa shape index (κ1) is 21.1. The number of benzene rings is 2. The monoisotopic (exact) mass is 410 g/mol. The fraction of sp³-hybridized carbons (Fsp3) is 0.304. The highest BCUT2D eigenvalue weighted by molar-refractivity contribution is 6.00. The van der Waals surface area contributed by atoms with Crippen LogP contribution in [0.5, 0.6) is 0 Å². The molecule has 1 aliphatic heterocycles. The lowest BCUT2D eigenvalue weighted by atomic mass is 9.95. The number of carbonyl (C=O) groups excluding carboxylic acids is 1. The second-order valence-corrected chi connectivity index (χ2v) is 7.49. The van der Waals surface area contributed by atoms with Crippen LogP contribution < -0.4 is 10.6 Å². The Morgan fingerprint density at radius 2 is 1.83 bits per heavy atom. The molecular formula is C23H27ClN4O. The van der Waals surface area contributed by atoms with Crippen LogP contribution in [0.3, 0.4) is 0 Å². The van der Waals surface area contributed by atoms with E-state index in [0.29, 0.717) is 18.0 Å². The van der Waals surface area contributed by atoms with Crippen molar-refractivity contribution in [3.63, 3.8) is 0 Å². The number of hydrogen-bond acceptors (Lipinski definition) is 3. The molecule has 2 heterocycles. The van der Waals surface area contributed by atoms with E-state index in [9.17, 15) is 4.79 Å². The van der Waals surface area contributed by atoms with Gasteiger partial charge in [-0.3, -0.25) is 9.48 Å². The number of nitrogens with one attached hydrogen (secondary N) is 2. The van der Waals surface area contributed by atoms with E-state index in [4.69, 9.17) is 5.10 Å². The standard InChI is InChI=1S/C23H26N4O.ClH/c1-17-14-24-13-12-21(17)25-23(28)20-16-27(15-18-8-4-2-5-9-18)26-22(20)19-10-6-3-7-11-19;/h2-11,16-17,21,24H,12-15H2,1H3,(H,25,28);1H. The molecule has 4 rings (SSSR count). The number of halogens is 1. The zero-order valence-electron chi connectivity index (χ0n) is 16.5. The summed E-state index contributed by atoms with van der Waals surface area (Å²) in [5.74, 6) is 0.370. The molecule has 2 atom stereocenters. The Morgan fingerprint density at radius 3 is 2.52 bits per heavy atom. The number of hydrogen-bond donors (Lipinski definition) is 2. The van der Waals surface area contributed by atoms with Crippen LogP contribution >= 0.6 is 12.4 Å². The highest BCUT2D eigenvalue weighted by atomic mass is 35.5. The lowest BCUT2D eigenvalue weighted by Crippen LogP contribution is -2.48. The summed E-state index contributed by atoms with van der Waals surface area (Å²) in [7, 11) is 0. The van der Waals surface area contributed by atoms with Crippen molar-refractivity contribution in [2.45, 2.75) is 25.9 Å². The summed E-state index contributed by atoms with van der Waals surface area (Å²) in [6, 6.07) is 20.3. The Labute approximate surface area is 177 Å². The minimum Gasteiger partial charge on any atom is -0.349 e. The van der Waals surface area contributed by atoms with Crippen LogP contribution in [0.25, 0.3) is 11.3 Å². The van der Waals surface area contributed by atoms with Gasteiger partial charge in [-0.15, -0.1) is 12.4 Å². The predicted molar refractivity (Wildman–Crippen MR) is 118 cm³/mol. The van der Waals surface area contributed by atoms with E-state index in [1.54, 1.807) is 0 Å². The van der Waals surface area contributed by atoms with Crippen LogP contribution in [-0.2, 0) is 6.54 Å². The first-order valence-corrected chi connectivity index (χ1v) is 9.89. The minimum absolute atomic E-state index is 0. The van der Waals surface area contributed by atoms with Gasteiger partial charge in [0.2, 0.25) is 0 Å². The number of carbonyl (C=O) groups is 1. The fourth-order valence-corrected chi connectivity index (χ4v) is 3.72. The molecule has 0 bridgehead atoms. The topological polar surface area (TPSA) is 58.9 Å². The largest absolute Gasteiger partial charge is 0.349 e. The third kappa shape index (κ3) is 5.05. The second kappa shape index (κ2) is 9.72. The van der Waals surface area contributed by atoms with Crippen LogP contribution in [-0.4, -0.2) is 34.8 Å². The molecule has 0 radical (unpaired) electrons. The third-order valence-corrected chi connectivity index (χ3v) is 5.34. The Kier molecular flexibility index (Phi) is 7.07. The van der Waals surface area contributed by atoms with E-state index in [0.717, 1.165) is 36.3 Å². The summed E-state index contributed by atoms with van der Waals surface area (Å²) in [6.45, 7) is 4.68. The van der Waals surface area contributed by atoms with E-state index in [-0.39, 0.29) is 24.4 Å². The number of rotatable bonds is 5. The highest BCUT2D eigenvalue weighted by Gasteiger charge is 2.25. The Morgan fingerprint density at radius 1 is 1.14 bits per heavy atom. The van der Waals surface area contributed by atoms with E-state index in [1.165, 1.54) is 0 Å². The van der Waals surface area contributed by atoms with Gasteiger partial charge < -0.3 is 10.6 Å². The molecule has 2 aromatic carbocycles. The van der Waals surface area contributed by atoms with E-state index in [1.807, 2.05) is 59.4 Å². The Hall–Kier alpha value is -2.63. The highest BCUT2D eigenvalue weighted by Crippen LogP contribution is 2.23. The van der Waals surface area contributed by atoms with Gasteiger partial charge in [0.1, 0.15) is 5.69 Å². The van der Waals surface area contributed by atoms with Crippen molar-refractivity contribution in [1.82, 2.24) is 20.4 Å². The summed E-state index contributed by atoms with van der Waals surface area (Å²) in [5.41, 5.74) is 3.48. The van der Waals surface area contributed by atoms with Gasteiger partial charge in [-0.2, -0.15) is 5.10 Å². The lowest BCUT2D eigenvalue weighted by molar-refractivity contribution is 0.0915. The fourth-order valence-electron chi connectivity index (χ4n) is 3.72. The molecule has 1 aliphatic rings. The molecule has 1 aromatic heterocycles. The van der Waals surface area contributed by atoms with Crippen LogP contribution in [0.15, 0.2) is 66.9 Å². The molecule has 1 saturated heterocycles. The summed E-state index contributed by atoms with van der Waals surface area (Å²) in [5, 5.41) is 11.4. The van der Waals surface area contributed by atoms with Crippen molar-refractivity contribution < 1.29 is 4.79 Å². The zero-order chi connectivity index (χ0) is 19.3. The third-order valence-electron chi connectivity index (χ3n) is 5.34. The summed E-state index contributed by atoms with van der Waals surface area (Å²) in [6.07, 6.45) is 2.82. The smallest absolute Gasteiger partial charge is 0.255 e. The van der Waals surface area contributed by atoms with Gasteiger partial charge in [0.25, 0.3) is 5.91 Å². The molecule has 0 spiro atoms. The van der Waals surface area contributed by atoms with Gasteiger partial charge >= 0.3 is 0 Å². The molecule has 29 heavy (non-hydrogen) atoms. The quantitative estimate of drug-likeness (QED) is 0.673. The molecule has 152 valence electrons. The SMILES string of the molecule is CC1CNCCC1NC(=O)c1cn(Cc2ccccc2)nc1-c1ccccc1.Cl. The molecule has 2 unspecified atom stereocenters. The van der Waals surface area contributed by atoms with Crippen LogP contribution in [0.2, 0.25) is 0 Å². The Bertz CT molecular complexity index is 927. The van der Waals surface area contributed by atoms with Gasteiger partial charge in [-0.1, -0.05) is 67.6 Å². The van der Waals surface area contributed by atoms with E-state index >= 15 is 0 Å². The van der Waals surface area contributed by atoms with Gasteiger partial charge in [0, 0.05) is 17.8 Å². The van der Waals surface area contributed by atoms with Crippen molar-refractivity contribution in [2.24, 2.45) is 5.92 Å². The maximum absolute atomic E-state index is 13.1. The molecule has 2 N–H and O–H groups in total. The lowest BCUT2D eigenvalue weighted by Gasteiger charge is -2.30. The van der Waals surface area contributed by atoms with Crippen molar-refractivity contribution in [1.29, 1.82) is 0 Å². The summed E-state index contributed by atoms with van der Waals surface area (Å²) >= 11 is 0. The zero-order valence-corrected chi connectivity index (χ0v) is 17.4. The normalized spacial score (nSPS) is 18.7. The van der Waals surface area contributed by atoms with Gasteiger partial charge in [0.05, 0.1) is 12.1 Å². The molecular weight excluding hydrogens is 384 g/mol. The molecule has 6 heteroatoms. The molecule has 1 amide bonds. The number of aromatic nitrogens is 2. The second-order valence-electron chi connectivity index (χ2n) is 7.49. The first-order valence-electron chi connectivity index (χ1n) is 9.89. The van der Waals surface area contributed by atoms with Gasteiger partial charge in [-0.05, 0) is 31.0 Å². The first-order chi connectivity index (χ1) is 13.7. The van der Waals surface area contributed by atoms with Crippen LogP contribution in [0, 0.1) is 5.92 Å². The molecule has 0 saturated carbocycles. The Balaban J connectivity index is 0.00000240. The predicted octanol–water partition coefficient (Wildman–Crippen LogP) is 3.75. The molecule has 5 nitrogen and oxygen atoms in total. The summed E-state index contributed by atoms with van der Waals surface area (Å²) in [4.78, 5) is 13.1. The average molecular weight is 411 g/mol. The summed E-state index contributed by atoms with van der Waals surface area (Å²) < 4.78 is 1.86. The van der Waals surface area contributed by atoms with Gasteiger partial charge in [-0.25, -0.2) is 0 Å². The maximum atomic E-state index is 13.1. The van der Waals surface area contributed by atoms with Crippen LogP contribution in [0.4, 0.5) is 0 Å². The van der Waals surface area contributed by atoms with Crippen molar-refractivity contribution in [2.75, 3.05) is 13.1 Å². The molecule has 0 aliphatic carbocycles. The van der Waals surface area contributed by atoms with Crippen molar-refractivity contribution in [3.05, 3.63) is 78.0 Å². The minimum atomic E-state index is -0.0445. The number of nitrogens with zero attached hydrogens (tertiary/aromatic N) is 2. The van der Waals surface area contributed by atoms with Crippen molar-refractivity contribution >= 4 is 18.3 Å². The van der Waals surface area contributed by atoms with Crippen LogP contribution in [0.1, 0.15) is 29.3 Å². The maximum Gasteiger partial charge on any atom is 0.255 e. The van der Waals surface area contributed by atoms with E-state index in [2.05, 4.69) is 29.7 Å². The average Bonchev–Trinajstić information content (AvgIpc) is 3.15. The van der Waals surface area contributed by atoms with E-state index < -0.39 is 0 Å². The van der Waals surface area contributed by atoms with Gasteiger partial charge in [0.15, 0.2) is 0 Å².